The van der Waals surface area contributed by atoms with Gasteiger partial charge in [0.15, 0.2) is 10.1 Å². The fourth-order valence-electron chi connectivity index (χ4n) is 1.02. The Morgan fingerprint density at radius 3 is 2.46 bits per heavy atom. The minimum Gasteiger partial charge on any atom is -0.292 e. The molecule has 1 aromatic carbocycles. The van der Waals surface area contributed by atoms with Gasteiger partial charge < -0.3 is 0 Å². The first kappa shape index (κ1) is 10.7. The third kappa shape index (κ3) is 2.55. The first-order valence-electron chi connectivity index (χ1n) is 3.92. The average molecular weight is 262 g/mol. The van der Waals surface area contributed by atoms with Crippen molar-refractivity contribution < 1.29 is 4.79 Å². The van der Waals surface area contributed by atoms with Crippen molar-refractivity contribution in [1.82, 2.24) is 0 Å². The summed E-state index contributed by atoms with van der Waals surface area (Å²) < 4.78 is -0.630. The van der Waals surface area contributed by atoms with Gasteiger partial charge in [-0.2, -0.15) is 0 Å². The van der Waals surface area contributed by atoms with Gasteiger partial charge in [-0.15, -0.1) is 11.6 Å². The molecule has 70 valence electrons. The van der Waals surface area contributed by atoms with E-state index in [0.717, 1.165) is 5.56 Å². The monoisotopic (exact) mass is 260 g/mol. The number of alkyl halides is 2. The molecule has 13 heavy (non-hydrogen) atoms. The van der Waals surface area contributed by atoms with Crippen LogP contribution in [-0.2, 0) is 0 Å². The fourth-order valence-corrected chi connectivity index (χ4v) is 1.41. The topological polar surface area (TPSA) is 17.1 Å². The normalized spacial score (nSPS) is 12.6. The molecule has 0 aliphatic carbocycles. The number of rotatable bonds is 2. The first-order valence-corrected chi connectivity index (χ1v) is 5.27. The Labute approximate surface area is 91.2 Å². The Morgan fingerprint density at radius 1 is 1.38 bits per heavy atom. The van der Waals surface area contributed by atoms with Crippen molar-refractivity contribution in [3.05, 3.63) is 34.9 Å². The van der Waals surface area contributed by atoms with Crippen molar-refractivity contribution >= 4 is 33.3 Å². The molecule has 0 amide bonds. The van der Waals surface area contributed by atoms with E-state index < -0.39 is 4.29 Å². The van der Waals surface area contributed by atoms with Crippen LogP contribution in [0.25, 0.3) is 0 Å². The van der Waals surface area contributed by atoms with Gasteiger partial charge in [-0.1, -0.05) is 28.1 Å². The summed E-state index contributed by atoms with van der Waals surface area (Å²) in [5.41, 5.74) is 2.94. The number of hydrogen-bond donors (Lipinski definition) is 0. The van der Waals surface area contributed by atoms with Gasteiger partial charge in [-0.3, -0.25) is 4.79 Å². The van der Waals surface area contributed by atoms with E-state index in [0.29, 0.717) is 5.56 Å². The summed E-state index contributed by atoms with van der Waals surface area (Å²) in [6.07, 6.45) is 0. The molecule has 0 aromatic heterocycles. The smallest absolute Gasteiger partial charge is 0.191 e. The van der Waals surface area contributed by atoms with E-state index in [1.807, 2.05) is 26.0 Å². The number of ketones is 1. The molecule has 0 saturated carbocycles. The van der Waals surface area contributed by atoms with Crippen molar-refractivity contribution in [2.24, 2.45) is 0 Å². The lowest BCUT2D eigenvalue weighted by Gasteiger charge is -2.04. The van der Waals surface area contributed by atoms with Crippen LogP contribution in [-0.4, -0.2) is 10.1 Å². The molecule has 0 bridgehead atoms. The summed E-state index contributed by atoms with van der Waals surface area (Å²) in [5.74, 6) is -0.0928. The predicted octanol–water partition coefficient (Wildman–Crippen LogP) is 3.45. The molecule has 1 nitrogen and oxygen atoms in total. The molecule has 1 atom stereocenters. The number of carbonyl (C=O) groups excluding carboxylic acids is 1. The van der Waals surface area contributed by atoms with E-state index in [4.69, 9.17) is 11.6 Å². The van der Waals surface area contributed by atoms with Gasteiger partial charge in [0.1, 0.15) is 0 Å². The van der Waals surface area contributed by atoms with Crippen LogP contribution in [0.4, 0.5) is 0 Å². The lowest BCUT2D eigenvalue weighted by molar-refractivity contribution is 0.101. The Kier molecular flexibility index (Phi) is 3.51. The average Bonchev–Trinajstić information content (AvgIpc) is 2.08. The Morgan fingerprint density at radius 2 is 2.00 bits per heavy atom. The Balaban J connectivity index is 3.04. The SMILES string of the molecule is Cc1ccc(C(=O)C(Cl)Br)cc1C. The summed E-state index contributed by atoms with van der Waals surface area (Å²) in [5, 5.41) is 0. The highest BCUT2D eigenvalue weighted by molar-refractivity contribution is 9.10. The highest BCUT2D eigenvalue weighted by Crippen LogP contribution is 2.16. The number of Topliss-reactive ketones (excluding diaryl/α,β-unsaturated/α-hetero) is 1. The number of hydrogen-bond acceptors (Lipinski definition) is 1. The van der Waals surface area contributed by atoms with E-state index in [9.17, 15) is 4.79 Å². The van der Waals surface area contributed by atoms with Crippen LogP contribution in [0.3, 0.4) is 0 Å². The van der Waals surface area contributed by atoms with Crippen LogP contribution >= 0.6 is 27.5 Å². The van der Waals surface area contributed by atoms with Crippen molar-refractivity contribution in [2.45, 2.75) is 18.1 Å². The van der Waals surface area contributed by atoms with Crippen LogP contribution in [0.2, 0.25) is 0 Å². The van der Waals surface area contributed by atoms with E-state index in [-0.39, 0.29) is 5.78 Å². The van der Waals surface area contributed by atoms with E-state index in [1.165, 1.54) is 5.56 Å². The predicted molar refractivity (Wildman–Crippen MR) is 58.8 cm³/mol. The minimum atomic E-state index is -0.630. The van der Waals surface area contributed by atoms with Gasteiger partial charge in [0.25, 0.3) is 0 Å². The second-order valence-electron chi connectivity index (χ2n) is 2.96. The van der Waals surface area contributed by atoms with Crippen LogP contribution in [0.1, 0.15) is 21.5 Å². The van der Waals surface area contributed by atoms with Crippen LogP contribution < -0.4 is 0 Å². The number of carbonyl (C=O) groups is 1. The molecule has 1 rings (SSSR count). The Bertz CT molecular complexity index is 334. The van der Waals surface area contributed by atoms with Crippen molar-refractivity contribution in [3.63, 3.8) is 0 Å². The number of aryl methyl sites for hydroxylation is 2. The maximum absolute atomic E-state index is 11.4. The molecule has 0 N–H and O–H groups in total. The quantitative estimate of drug-likeness (QED) is 0.589. The van der Waals surface area contributed by atoms with Gasteiger partial charge >= 0.3 is 0 Å². The minimum absolute atomic E-state index is 0.0928. The highest BCUT2D eigenvalue weighted by atomic mass is 79.9. The molecule has 0 aliphatic heterocycles. The van der Waals surface area contributed by atoms with Crippen molar-refractivity contribution in [3.8, 4) is 0 Å². The molecule has 0 aliphatic rings. The van der Waals surface area contributed by atoms with E-state index in [2.05, 4.69) is 15.9 Å². The van der Waals surface area contributed by atoms with Gasteiger partial charge in [-0.05, 0) is 31.0 Å². The van der Waals surface area contributed by atoms with Gasteiger partial charge in [0, 0.05) is 5.56 Å². The third-order valence-electron chi connectivity index (χ3n) is 1.99. The van der Waals surface area contributed by atoms with Gasteiger partial charge in [0.2, 0.25) is 0 Å². The molecular formula is C10H10BrClO. The fraction of sp³-hybridized carbons (Fsp3) is 0.300. The largest absolute Gasteiger partial charge is 0.292 e. The van der Waals surface area contributed by atoms with E-state index >= 15 is 0 Å². The molecule has 0 heterocycles. The molecule has 0 spiro atoms. The summed E-state index contributed by atoms with van der Waals surface area (Å²) in [4.78, 5) is 11.4. The van der Waals surface area contributed by atoms with Gasteiger partial charge in [0.05, 0.1) is 0 Å². The molecule has 1 unspecified atom stereocenters. The number of halogens is 2. The maximum atomic E-state index is 11.4. The van der Waals surface area contributed by atoms with Crippen molar-refractivity contribution in [1.29, 1.82) is 0 Å². The zero-order valence-corrected chi connectivity index (χ0v) is 9.82. The zero-order valence-electron chi connectivity index (χ0n) is 7.47. The second kappa shape index (κ2) is 4.25. The van der Waals surface area contributed by atoms with Crippen LogP contribution in [0.5, 0.6) is 0 Å². The zero-order chi connectivity index (χ0) is 10.0. The molecule has 0 fully saturated rings. The molecular weight excluding hydrogens is 251 g/mol. The summed E-state index contributed by atoms with van der Waals surface area (Å²) in [6.45, 7) is 3.99. The lowest BCUT2D eigenvalue weighted by atomic mass is 10.0. The molecule has 0 saturated heterocycles. The second-order valence-corrected chi connectivity index (χ2v) is 4.84. The highest BCUT2D eigenvalue weighted by Gasteiger charge is 2.13. The van der Waals surface area contributed by atoms with Crippen molar-refractivity contribution in [2.75, 3.05) is 0 Å². The summed E-state index contributed by atoms with van der Waals surface area (Å²) in [6, 6.07) is 5.57. The standard InChI is InChI=1S/C10H10BrClO/c1-6-3-4-8(5-7(6)2)9(13)10(11)12/h3-5,10H,1-2H3. The molecule has 1 aromatic rings. The molecule has 0 radical (unpaired) electrons. The van der Waals surface area contributed by atoms with Gasteiger partial charge in [-0.25, -0.2) is 0 Å². The third-order valence-corrected chi connectivity index (χ3v) is 2.60. The van der Waals surface area contributed by atoms with Crippen LogP contribution in [0, 0.1) is 13.8 Å². The first-order chi connectivity index (χ1) is 6.02. The summed E-state index contributed by atoms with van der Waals surface area (Å²) in [7, 11) is 0. The summed E-state index contributed by atoms with van der Waals surface area (Å²) >= 11 is 8.66. The Hall–Kier alpha value is -0.340. The lowest BCUT2D eigenvalue weighted by Crippen LogP contribution is -2.07. The maximum Gasteiger partial charge on any atom is 0.191 e. The molecule has 3 heteroatoms. The number of benzene rings is 1. The van der Waals surface area contributed by atoms with Crippen LogP contribution in [0.15, 0.2) is 18.2 Å². The van der Waals surface area contributed by atoms with E-state index in [1.54, 1.807) is 6.07 Å².